The number of halogens is 2. The van der Waals surface area contributed by atoms with E-state index in [2.05, 4.69) is 4.99 Å². The van der Waals surface area contributed by atoms with E-state index in [0.717, 1.165) is 12.1 Å². The van der Waals surface area contributed by atoms with E-state index in [1.54, 1.807) is 0 Å². The largest absolute Gasteiger partial charge is 0.288 e. The summed E-state index contributed by atoms with van der Waals surface area (Å²) in [6.45, 7) is 0.263. The number of rotatable bonds is 0. The lowest BCUT2D eigenvalue weighted by Crippen LogP contribution is -1.93. The molecule has 3 heteroatoms. The van der Waals surface area contributed by atoms with Crippen molar-refractivity contribution in [2.24, 2.45) is 4.99 Å². The summed E-state index contributed by atoms with van der Waals surface area (Å²) in [5.74, 6) is -0.776. The van der Waals surface area contributed by atoms with Crippen molar-refractivity contribution in [1.82, 2.24) is 0 Å². The van der Waals surface area contributed by atoms with Crippen molar-refractivity contribution in [3.63, 3.8) is 0 Å². The molecule has 1 aromatic rings. The fourth-order valence-electron chi connectivity index (χ4n) is 1.14. The minimum Gasteiger partial charge on any atom is -0.288 e. The summed E-state index contributed by atoms with van der Waals surface area (Å²) in [4.78, 5) is 3.77. The number of hydrogen-bond donors (Lipinski definition) is 0. The van der Waals surface area contributed by atoms with E-state index in [4.69, 9.17) is 0 Å². The smallest absolute Gasteiger partial charge is 0.132 e. The third-order valence-corrected chi connectivity index (χ3v) is 1.72. The Morgan fingerprint density at radius 2 is 1.91 bits per heavy atom. The minimum atomic E-state index is -0.400. The van der Waals surface area contributed by atoms with Crippen LogP contribution in [0, 0.1) is 11.6 Å². The van der Waals surface area contributed by atoms with Gasteiger partial charge in [-0.3, -0.25) is 4.99 Å². The summed E-state index contributed by atoms with van der Waals surface area (Å²) in [7, 11) is 0. The Kier molecular flexibility index (Phi) is 1.24. The molecule has 0 radical (unpaired) electrons. The summed E-state index contributed by atoms with van der Waals surface area (Å²) in [5, 5.41) is 0. The molecule has 0 saturated carbocycles. The molecule has 56 valence electrons. The minimum absolute atomic E-state index is 0.263. The Labute approximate surface area is 62.4 Å². The van der Waals surface area contributed by atoms with Crippen LogP contribution in [0.15, 0.2) is 17.1 Å². The van der Waals surface area contributed by atoms with Crippen LogP contribution in [0.1, 0.15) is 11.1 Å². The Hall–Kier alpha value is -1.25. The summed E-state index contributed by atoms with van der Waals surface area (Å²) >= 11 is 0. The topological polar surface area (TPSA) is 12.4 Å². The lowest BCUT2D eigenvalue weighted by atomic mass is 10.1. The molecule has 0 N–H and O–H groups in total. The van der Waals surface area contributed by atoms with Crippen LogP contribution in [-0.4, -0.2) is 6.21 Å². The molecule has 1 aliphatic rings. The van der Waals surface area contributed by atoms with Crippen molar-refractivity contribution >= 4 is 6.21 Å². The van der Waals surface area contributed by atoms with Crippen molar-refractivity contribution in [2.75, 3.05) is 0 Å². The highest BCUT2D eigenvalue weighted by Crippen LogP contribution is 2.20. The van der Waals surface area contributed by atoms with Crippen LogP contribution in [0.5, 0.6) is 0 Å². The van der Waals surface area contributed by atoms with Gasteiger partial charge in [-0.1, -0.05) is 0 Å². The average molecular weight is 153 g/mol. The second kappa shape index (κ2) is 2.12. The lowest BCUT2D eigenvalue weighted by molar-refractivity contribution is 0.588. The molecule has 0 amide bonds. The molecule has 0 atom stereocenters. The zero-order chi connectivity index (χ0) is 7.84. The van der Waals surface area contributed by atoms with Gasteiger partial charge in [0.1, 0.15) is 11.6 Å². The highest BCUT2D eigenvalue weighted by molar-refractivity contribution is 5.84. The second-order valence-electron chi connectivity index (χ2n) is 2.39. The van der Waals surface area contributed by atoms with Crippen molar-refractivity contribution < 1.29 is 8.78 Å². The molecule has 0 fully saturated rings. The molecular weight excluding hydrogens is 148 g/mol. The highest BCUT2D eigenvalue weighted by Gasteiger charge is 2.14. The molecule has 1 nitrogen and oxygen atoms in total. The quantitative estimate of drug-likeness (QED) is 0.539. The van der Waals surface area contributed by atoms with Gasteiger partial charge in [0.15, 0.2) is 0 Å². The van der Waals surface area contributed by atoms with E-state index in [1.807, 2.05) is 0 Å². The Morgan fingerprint density at radius 1 is 1.18 bits per heavy atom. The average Bonchev–Trinajstić information content (AvgIpc) is 2.45. The third-order valence-electron chi connectivity index (χ3n) is 1.72. The van der Waals surface area contributed by atoms with Crippen LogP contribution in [0.3, 0.4) is 0 Å². The molecule has 0 unspecified atom stereocenters. The SMILES string of the molecule is Fc1ccc(F)c2c1C=NC2. The van der Waals surface area contributed by atoms with Crippen LogP contribution >= 0.6 is 0 Å². The predicted octanol–water partition coefficient (Wildman–Crippen LogP) is 1.90. The van der Waals surface area contributed by atoms with E-state index in [-0.39, 0.29) is 12.4 Å². The van der Waals surface area contributed by atoms with Crippen molar-refractivity contribution in [3.05, 3.63) is 34.9 Å². The third kappa shape index (κ3) is 0.843. The summed E-state index contributed by atoms with van der Waals surface area (Å²) in [6.07, 6.45) is 1.37. The van der Waals surface area contributed by atoms with Gasteiger partial charge in [-0.2, -0.15) is 0 Å². The summed E-state index contributed by atoms with van der Waals surface area (Å²) in [6, 6.07) is 2.24. The van der Waals surface area contributed by atoms with Gasteiger partial charge in [0.05, 0.1) is 6.54 Å². The van der Waals surface area contributed by atoms with Crippen molar-refractivity contribution in [2.45, 2.75) is 6.54 Å². The molecule has 1 aliphatic heterocycles. The van der Waals surface area contributed by atoms with Gasteiger partial charge in [-0.25, -0.2) is 8.78 Å². The van der Waals surface area contributed by atoms with Crippen LogP contribution < -0.4 is 0 Å². The zero-order valence-corrected chi connectivity index (χ0v) is 5.64. The molecule has 0 aromatic heterocycles. The molecular formula is C8H5F2N. The first-order valence-corrected chi connectivity index (χ1v) is 3.26. The predicted molar refractivity (Wildman–Crippen MR) is 37.7 cm³/mol. The van der Waals surface area contributed by atoms with Gasteiger partial charge in [-0.15, -0.1) is 0 Å². The van der Waals surface area contributed by atoms with Gasteiger partial charge in [-0.05, 0) is 12.1 Å². The van der Waals surface area contributed by atoms with Crippen molar-refractivity contribution in [1.29, 1.82) is 0 Å². The Balaban J connectivity index is 2.71. The number of aliphatic imine (C=N–C) groups is 1. The highest BCUT2D eigenvalue weighted by atomic mass is 19.1. The van der Waals surface area contributed by atoms with E-state index in [9.17, 15) is 8.78 Å². The lowest BCUT2D eigenvalue weighted by Gasteiger charge is -1.98. The van der Waals surface area contributed by atoms with E-state index in [1.165, 1.54) is 6.21 Å². The van der Waals surface area contributed by atoms with Gasteiger partial charge in [0.2, 0.25) is 0 Å². The first kappa shape index (κ1) is 6.46. The molecule has 0 aliphatic carbocycles. The van der Waals surface area contributed by atoms with Gasteiger partial charge < -0.3 is 0 Å². The van der Waals surface area contributed by atoms with E-state index < -0.39 is 5.82 Å². The first-order valence-electron chi connectivity index (χ1n) is 3.26. The number of fused-ring (bicyclic) bond motifs is 1. The Morgan fingerprint density at radius 3 is 2.64 bits per heavy atom. The van der Waals surface area contributed by atoms with Gasteiger partial charge >= 0.3 is 0 Å². The molecule has 2 rings (SSSR count). The fraction of sp³-hybridized carbons (Fsp3) is 0.125. The van der Waals surface area contributed by atoms with Crippen LogP contribution in [0.4, 0.5) is 8.78 Å². The summed E-state index contributed by atoms with van der Waals surface area (Å²) in [5.41, 5.74) is 0.662. The van der Waals surface area contributed by atoms with Gasteiger partial charge in [0.25, 0.3) is 0 Å². The van der Waals surface area contributed by atoms with E-state index >= 15 is 0 Å². The molecule has 1 heterocycles. The van der Waals surface area contributed by atoms with E-state index in [0.29, 0.717) is 11.1 Å². The normalized spacial score (nSPS) is 13.6. The number of benzene rings is 1. The molecule has 0 spiro atoms. The van der Waals surface area contributed by atoms with Crippen molar-refractivity contribution in [3.8, 4) is 0 Å². The van der Waals surface area contributed by atoms with Crippen LogP contribution in [0.2, 0.25) is 0 Å². The maximum Gasteiger partial charge on any atom is 0.132 e. The molecule has 0 bridgehead atoms. The fourth-order valence-corrected chi connectivity index (χ4v) is 1.14. The Bertz CT molecular complexity index is 331. The molecule has 0 saturated heterocycles. The summed E-state index contributed by atoms with van der Waals surface area (Å²) < 4.78 is 25.6. The maximum absolute atomic E-state index is 12.8. The zero-order valence-electron chi connectivity index (χ0n) is 5.64. The van der Waals surface area contributed by atoms with Crippen LogP contribution in [0.25, 0.3) is 0 Å². The standard InChI is InChI=1S/C8H5F2N/c9-7-1-2-8(10)6-4-11-3-5(6)7/h1-3H,4H2. The number of hydrogen-bond acceptors (Lipinski definition) is 1. The monoisotopic (exact) mass is 153 g/mol. The molecule has 11 heavy (non-hydrogen) atoms. The number of nitrogens with zero attached hydrogens (tertiary/aromatic N) is 1. The maximum atomic E-state index is 12.8. The van der Waals surface area contributed by atoms with Crippen LogP contribution in [-0.2, 0) is 6.54 Å². The second-order valence-corrected chi connectivity index (χ2v) is 2.39. The molecule has 1 aromatic carbocycles. The first-order chi connectivity index (χ1) is 5.29. The van der Waals surface area contributed by atoms with Gasteiger partial charge in [0, 0.05) is 17.3 Å².